The van der Waals surface area contributed by atoms with E-state index < -0.39 is 0 Å². The number of ketones is 1. The van der Waals surface area contributed by atoms with Crippen molar-refractivity contribution in [2.45, 2.75) is 13.3 Å². The number of thiophene rings is 1. The van der Waals surface area contributed by atoms with Gasteiger partial charge in [0.2, 0.25) is 0 Å². The average Bonchev–Trinajstić information content (AvgIpc) is 3.45. The molecule has 3 heterocycles. The Morgan fingerprint density at radius 3 is 2.90 bits per heavy atom. The molecule has 29 heavy (non-hydrogen) atoms. The molecule has 7 heteroatoms. The standard InChI is InChI=1S/C22H17N5OS/c1-2-20(28)14-4-3-5-15(10-14)24-22-17-8-9-29-21(17)16-7-6-13(11-18(16)25-22)19-12-23-27-26-19/h3-11H,2,12H2,1H3,(H,24,25). The quantitative estimate of drug-likeness (QED) is 0.421. The Balaban J connectivity index is 1.60. The minimum Gasteiger partial charge on any atom is -0.340 e. The van der Waals surface area contributed by atoms with Gasteiger partial charge in [-0.15, -0.1) is 16.4 Å². The van der Waals surface area contributed by atoms with E-state index in [4.69, 9.17) is 4.98 Å². The first-order valence-electron chi connectivity index (χ1n) is 9.38. The largest absolute Gasteiger partial charge is 0.340 e. The predicted octanol–water partition coefficient (Wildman–Crippen LogP) is 5.96. The third-order valence-corrected chi connectivity index (χ3v) is 5.89. The van der Waals surface area contributed by atoms with E-state index in [1.807, 2.05) is 43.3 Å². The van der Waals surface area contributed by atoms with Gasteiger partial charge in [-0.2, -0.15) is 5.11 Å². The second-order valence-electron chi connectivity index (χ2n) is 6.77. The molecule has 4 aromatic rings. The summed E-state index contributed by atoms with van der Waals surface area (Å²) < 4.78 is 1.17. The zero-order valence-electron chi connectivity index (χ0n) is 15.7. The Labute approximate surface area is 171 Å². The van der Waals surface area contributed by atoms with E-state index in [1.54, 1.807) is 11.3 Å². The molecular weight excluding hydrogens is 382 g/mol. The number of pyridine rings is 1. The number of carbonyl (C=O) groups excluding carboxylic acids is 1. The van der Waals surface area contributed by atoms with Crippen molar-refractivity contribution in [1.82, 2.24) is 4.98 Å². The maximum atomic E-state index is 12.1. The summed E-state index contributed by atoms with van der Waals surface area (Å²) in [7, 11) is 0. The summed E-state index contributed by atoms with van der Waals surface area (Å²) in [6, 6.07) is 15.8. The lowest BCUT2D eigenvalue weighted by atomic mass is 10.1. The van der Waals surface area contributed by atoms with Crippen molar-refractivity contribution in [3.63, 3.8) is 0 Å². The van der Waals surface area contributed by atoms with Crippen LogP contribution in [0, 0.1) is 0 Å². The first-order chi connectivity index (χ1) is 14.2. The maximum absolute atomic E-state index is 12.1. The van der Waals surface area contributed by atoms with Gasteiger partial charge in [0, 0.05) is 38.7 Å². The van der Waals surface area contributed by atoms with Crippen molar-refractivity contribution in [1.29, 1.82) is 0 Å². The molecule has 0 spiro atoms. The van der Waals surface area contributed by atoms with Crippen LogP contribution >= 0.6 is 11.3 Å². The number of hydrogen-bond acceptors (Lipinski definition) is 7. The summed E-state index contributed by atoms with van der Waals surface area (Å²) in [6.45, 7) is 2.37. The molecule has 5 rings (SSSR count). The van der Waals surface area contributed by atoms with Crippen LogP contribution in [0.2, 0.25) is 0 Å². The minimum atomic E-state index is 0.124. The molecule has 0 unspecified atom stereocenters. The fraction of sp³-hybridized carbons (Fsp3) is 0.136. The average molecular weight is 399 g/mol. The number of benzene rings is 2. The molecule has 0 bridgehead atoms. The van der Waals surface area contributed by atoms with Crippen molar-refractivity contribution in [2.75, 3.05) is 11.9 Å². The van der Waals surface area contributed by atoms with Crippen LogP contribution < -0.4 is 5.32 Å². The van der Waals surface area contributed by atoms with Crippen molar-refractivity contribution in [3.8, 4) is 0 Å². The molecule has 2 aromatic heterocycles. The smallest absolute Gasteiger partial charge is 0.162 e. The lowest BCUT2D eigenvalue weighted by Gasteiger charge is -2.11. The van der Waals surface area contributed by atoms with E-state index in [2.05, 4.69) is 38.3 Å². The predicted molar refractivity (Wildman–Crippen MR) is 118 cm³/mol. The van der Waals surface area contributed by atoms with E-state index in [1.165, 1.54) is 4.70 Å². The third-order valence-electron chi connectivity index (χ3n) is 4.95. The molecule has 1 aliphatic rings. The SMILES string of the molecule is CCC(=O)c1cccc(Nc2nc3cc(C4=NN=NC4)ccc3c3sccc23)c1. The monoisotopic (exact) mass is 399 g/mol. The fourth-order valence-corrected chi connectivity index (χ4v) is 4.38. The van der Waals surface area contributed by atoms with E-state index in [-0.39, 0.29) is 5.78 Å². The molecule has 6 nitrogen and oxygen atoms in total. The van der Waals surface area contributed by atoms with Gasteiger partial charge in [-0.25, -0.2) is 4.98 Å². The number of anilines is 2. The minimum absolute atomic E-state index is 0.124. The summed E-state index contributed by atoms with van der Waals surface area (Å²) in [5.41, 5.74) is 4.26. The van der Waals surface area contributed by atoms with Crippen molar-refractivity contribution in [2.24, 2.45) is 15.4 Å². The second kappa shape index (κ2) is 7.18. The Kier molecular flexibility index (Phi) is 4.37. The summed E-state index contributed by atoms with van der Waals surface area (Å²) >= 11 is 1.69. The van der Waals surface area contributed by atoms with Crippen LogP contribution in [0.15, 0.2) is 69.3 Å². The lowest BCUT2D eigenvalue weighted by molar-refractivity contribution is 0.0988. The van der Waals surface area contributed by atoms with Gasteiger partial charge in [-0.05, 0) is 34.9 Å². The molecule has 1 aliphatic heterocycles. The van der Waals surface area contributed by atoms with Crippen LogP contribution in [-0.4, -0.2) is 23.0 Å². The Bertz CT molecular complexity index is 1320. The molecule has 0 saturated carbocycles. The number of rotatable bonds is 5. The first kappa shape index (κ1) is 17.6. The van der Waals surface area contributed by atoms with Gasteiger partial charge >= 0.3 is 0 Å². The summed E-state index contributed by atoms with van der Waals surface area (Å²) in [5, 5.41) is 19.4. The first-order valence-corrected chi connectivity index (χ1v) is 10.3. The van der Waals surface area contributed by atoms with Crippen LogP contribution in [0.4, 0.5) is 11.5 Å². The van der Waals surface area contributed by atoms with Crippen molar-refractivity contribution in [3.05, 3.63) is 65.0 Å². The Morgan fingerprint density at radius 1 is 1.14 bits per heavy atom. The number of hydrogen-bond donors (Lipinski definition) is 1. The molecule has 142 valence electrons. The zero-order valence-corrected chi connectivity index (χ0v) is 16.5. The van der Waals surface area contributed by atoms with Crippen LogP contribution in [-0.2, 0) is 0 Å². The van der Waals surface area contributed by atoms with Gasteiger partial charge in [0.1, 0.15) is 12.4 Å². The Hall–Kier alpha value is -3.45. The highest BCUT2D eigenvalue weighted by molar-refractivity contribution is 7.18. The third kappa shape index (κ3) is 3.19. The highest BCUT2D eigenvalue weighted by Gasteiger charge is 2.14. The summed E-state index contributed by atoms with van der Waals surface area (Å²) in [6.07, 6.45) is 0.484. The van der Waals surface area contributed by atoms with Gasteiger partial charge in [0.25, 0.3) is 0 Å². The molecule has 0 radical (unpaired) electrons. The van der Waals surface area contributed by atoms with Gasteiger partial charge in [0.15, 0.2) is 5.78 Å². The number of Topliss-reactive ketones (excluding diaryl/α,β-unsaturated/α-hetero) is 1. The van der Waals surface area contributed by atoms with Gasteiger partial charge < -0.3 is 5.32 Å². The fourth-order valence-electron chi connectivity index (χ4n) is 3.45. The van der Waals surface area contributed by atoms with Crippen LogP contribution in [0.3, 0.4) is 0 Å². The molecule has 0 aliphatic carbocycles. The molecular formula is C22H17N5OS. The van der Waals surface area contributed by atoms with E-state index in [0.717, 1.165) is 39.1 Å². The highest BCUT2D eigenvalue weighted by atomic mass is 32.1. The molecule has 0 saturated heterocycles. The van der Waals surface area contributed by atoms with Crippen LogP contribution in [0.1, 0.15) is 29.3 Å². The Morgan fingerprint density at radius 2 is 2.07 bits per heavy atom. The van der Waals surface area contributed by atoms with Gasteiger partial charge in [0.05, 0.1) is 11.2 Å². The second-order valence-corrected chi connectivity index (χ2v) is 7.69. The number of nitrogens with one attached hydrogen (secondary N) is 1. The zero-order chi connectivity index (χ0) is 19.8. The van der Waals surface area contributed by atoms with Gasteiger partial charge in [-0.3, -0.25) is 4.79 Å². The molecule has 0 amide bonds. The van der Waals surface area contributed by atoms with Crippen LogP contribution in [0.25, 0.3) is 21.0 Å². The normalized spacial score (nSPS) is 13.2. The number of nitrogens with zero attached hydrogens (tertiary/aromatic N) is 4. The number of aromatic nitrogens is 1. The summed E-state index contributed by atoms with van der Waals surface area (Å²) in [4.78, 5) is 17.0. The van der Waals surface area contributed by atoms with Crippen molar-refractivity contribution >= 4 is 55.3 Å². The number of carbonyl (C=O) groups is 1. The lowest BCUT2D eigenvalue weighted by Crippen LogP contribution is -2.02. The maximum Gasteiger partial charge on any atom is 0.162 e. The summed E-state index contributed by atoms with van der Waals surface area (Å²) in [5.74, 6) is 0.897. The molecule has 1 N–H and O–H groups in total. The van der Waals surface area contributed by atoms with E-state index in [0.29, 0.717) is 18.5 Å². The number of fused-ring (bicyclic) bond motifs is 3. The molecule has 2 aromatic carbocycles. The van der Waals surface area contributed by atoms with E-state index >= 15 is 0 Å². The van der Waals surface area contributed by atoms with Gasteiger partial charge in [-0.1, -0.05) is 31.2 Å². The van der Waals surface area contributed by atoms with Crippen molar-refractivity contribution < 1.29 is 4.79 Å². The topological polar surface area (TPSA) is 79.1 Å². The van der Waals surface area contributed by atoms with Crippen LogP contribution in [0.5, 0.6) is 0 Å². The molecule has 0 atom stereocenters. The highest BCUT2D eigenvalue weighted by Crippen LogP contribution is 2.35. The molecule has 0 fully saturated rings. The van der Waals surface area contributed by atoms with E-state index in [9.17, 15) is 4.79 Å².